The van der Waals surface area contributed by atoms with Crippen molar-refractivity contribution in [1.29, 1.82) is 5.26 Å². The van der Waals surface area contributed by atoms with Gasteiger partial charge in [-0.3, -0.25) is 0 Å². The minimum absolute atomic E-state index is 0.00344. The van der Waals surface area contributed by atoms with E-state index in [1.807, 2.05) is 6.07 Å². The van der Waals surface area contributed by atoms with Gasteiger partial charge in [0.15, 0.2) is 0 Å². The summed E-state index contributed by atoms with van der Waals surface area (Å²) in [5.74, 6) is 0. The third-order valence-electron chi connectivity index (χ3n) is 4.22. The number of nitrogens with one attached hydrogen (secondary N) is 1. The average molecular weight is 326 g/mol. The second-order valence-corrected chi connectivity index (χ2v) is 7.72. The van der Waals surface area contributed by atoms with Gasteiger partial charge in [-0.25, -0.2) is 8.42 Å². The standard InChI is InChI=1S/C14H16ClN3O2S/c15-14-4-3-13(7-10(14)8-16)21(19,20)18-11-1-2-12(18)9-17-6-5-11/h3-4,7,11-12,17H,1-2,5-6,9H2. The third-order valence-corrected chi connectivity index (χ3v) is 6.55. The Kier molecular flexibility index (Phi) is 3.93. The first-order valence-electron chi connectivity index (χ1n) is 6.98. The van der Waals surface area contributed by atoms with Gasteiger partial charge in [-0.2, -0.15) is 9.57 Å². The van der Waals surface area contributed by atoms with Gasteiger partial charge in [-0.1, -0.05) is 11.6 Å². The molecule has 2 bridgehead atoms. The Morgan fingerprint density at radius 3 is 2.81 bits per heavy atom. The fourth-order valence-corrected chi connectivity index (χ4v) is 5.29. The van der Waals surface area contributed by atoms with Crippen LogP contribution in [0.2, 0.25) is 5.02 Å². The molecular formula is C14H16ClN3O2S. The van der Waals surface area contributed by atoms with Crippen molar-refractivity contribution in [3.63, 3.8) is 0 Å². The number of hydrogen-bond donors (Lipinski definition) is 1. The second-order valence-electron chi connectivity index (χ2n) is 5.47. The number of benzene rings is 1. The molecule has 112 valence electrons. The Balaban J connectivity index is 2.02. The number of fused-ring (bicyclic) bond motifs is 2. The van der Waals surface area contributed by atoms with E-state index in [0.717, 1.165) is 25.8 Å². The molecule has 2 aliphatic rings. The molecule has 2 atom stereocenters. The first-order valence-corrected chi connectivity index (χ1v) is 8.80. The summed E-state index contributed by atoms with van der Waals surface area (Å²) in [6.45, 7) is 1.53. The lowest BCUT2D eigenvalue weighted by atomic mass is 10.1. The Morgan fingerprint density at radius 2 is 2.05 bits per heavy atom. The molecule has 2 unspecified atom stereocenters. The van der Waals surface area contributed by atoms with Crippen LogP contribution in [0.3, 0.4) is 0 Å². The van der Waals surface area contributed by atoms with Crippen molar-refractivity contribution >= 4 is 21.6 Å². The normalized spacial score (nSPS) is 26.3. The van der Waals surface area contributed by atoms with Gasteiger partial charge in [0.05, 0.1) is 15.5 Å². The van der Waals surface area contributed by atoms with Gasteiger partial charge in [0.2, 0.25) is 10.0 Å². The molecule has 7 heteroatoms. The molecule has 2 heterocycles. The van der Waals surface area contributed by atoms with Gasteiger partial charge < -0.3 is 5.32 Å². The van der Waals surface area contributed by atoms with E-state index in [9.17, 15) is 8.42 Å². The minimum Gasteiger partial charge on any atom is -0.315 e. The molecule has 0 radical (unpaired) electrons. The van der Waals surface area contributed by atoms with Crippen LogP contribution < -0.4 is 5.32 Å². The van der Waals surface area contributed by atoms with Crippen LogP contribution in [0.4, 0.5) is 0 Å². The largest absolute Gasteiger partial charge is 0.315 e. The summed E-state index contributed by atoms with van der Waals surface area (Å²) in [4.78, 5) is 0.155. The highest BCUT2D eigenvalue weighted by Gasteiger charge is 2.43. The van der Waals surface area contributed by atoms with Crippen LogP contribution in [-0.2, 0) is 10.0 Å². The number of hydrogen-bond acceptors (Lipinski definition) is 4. The molecule has 0 amide bonds. The van der Waals surface area contributed by atoms with Crippen molar-refractivity contribution in [2.24, 2.45) is 0 Å². The van der Waals surface area contributed by atoms with Crippen molar-refractivity contribution in [3.8, 4) is 6.07 Å². The predicted octanol–water partition coefficient (Wildman–Crippen LogP) is 1.73. The molecule has 21 heavy (non-hydrogen) atoms. The molecule has 5 nitrogen and oxygen atoms in total. The van der Waals surface area contributed by atoms with Crippen molar-refractivity contribution in [3.05, 3.63) is 28.8 Å². The molecule has 2 fully saturated rings. The lowest BCUT2D eigenvalue weighted by molar-refractivity contribution is 0.334. The molecule has 0 aromatic heterocycles. The van der Waals surface area contributed by atoms with Gasteiger partial charge in [-0.05, 0) is 44.0 Å². The fourth-order valence-electron chi connectivity index (χ4n) is 3.20. The number of nitriles is 1. The van der Waals surface area contributed by atoms with E-state index < -0.39 is 10.0 Å². The van der Waals surface area contributed by atoms with E-state index in [1.165, 1.54) is 18.2 Å². The number of rotatable bonds is 2. The average Bonchev–Trinajstić information content (AvgIpc) is 2.73. The van der Waals surface area contributed by atoms with Crippen LogP contribution in [-0.4, -0.2) is 37.9 Å². The highest BCUT2D eigenvalue weighted by atomic mass is 35.5. The third kappa shape index (κ3) is 2.55. The Hall–Kier alpha value is -1.13. The molecule has 1 aromatic carbocycles. The highest BCUT2D eigenvalue weighted by molar-refractivity contribution is 7.89. The second kappa shape index (κ2) is 5.58. The van der Waals surface area contributed by atoms with Gasteiger partial charge in [-0.15, -0.1) is 0 Å². The van der Waals surface area contributed by atoms with E-state index >= 15 is 0 Å². The molecular weight excluding hydrogens is 310 g/mol. The molecule has 3 rings (SSSR count). The van der Waals surface area contributed by atoms with Crippen molar-refractivity contribution in [2.75, 3.05) is 13.1 Å². The van der Waals surface area contributed by atoms with E-state index in [4.69, 9.17) is 16.9 Å². The van der Waals surface area contributed by atoms with Crippen LogP contribution in [0.5, 0.6) is 0 Å². The maximum absolute atomic E-state index is 12.9. The topological polar surface area (TPSA) is 73.2 Å². The van der Waals surface area contributed by atoms with Crippen LogP contribution in [0.15, 0.2) is 23.1 Å². The molecule has 0 aliphatic carbocycles. The van der Waals surface area contributed by atoms with Crippen LogP contribution in [0.25, 0.3) is 0 Å². The van der Waals surface area contributed by atoms with Crippen LogP contribution in [0.1, 0.15) is 24.8 Å². The molecule has 0 saturated carbocycles. The summed E-state index contributed by atoms with van der Waals surface area (Å²) >= 11 is 5.89. The van der Waals surface area contributed by atoms with Gasteiger partial charge in [0.1, 0.15) is 6.07 Å². The zero-order valence-electron chi connectivity index (χ0n) is 11.4. The zero-order chi connectivity index (χ0) is 15.0. The van der Waals surface area contributed by atoms with Gasteiger partial charge in [0, 0.05) is 18.6 Å². The van der Waals surface area contributed by atoms with Gasteiger partial charge >= 0.3 is 0 Å². The molecule has 2 aliphatic heterocycles. The Morgan fingerprint density at radius 1 is 1.29 bits per heavy atom. The van der Waals surface area contributed by atoms with Crippen LogP contribution >= 0.6 is 11.6 Å². The fraction of sp³-hybridized carbons (Fsp3) is 0.500. The SMILES string of the molecule is N#Cc1cc(S(=O)(=O)N2C3CCNCC2CC3)ccc1Cl. The van der Waals surface area contributed by atoms with Crippen molar-refractivity contribution in [2.45, 2.75) is 36.2 Å². The first-order chi connectivity index (χ1) is 10.0. The van der Waals surface area contributed by atoms with Crippen molar-refractivity contribution in [1.82, 2.24) is 9.62 Å². The number of nitrogens with zero attached hydrogens (tertiary/aromatic N) is 2. The van der Waals surface area contributed by atoms with E-state index in [1.54, 1.807) is 4.31 Å². The lowest BCUT2D eigenvalue weighted by Gasteiger charge is -2.27. The van der Waals surface area contributed by atoms with E-state index in [0.29, 0.717) is 6.54 Å². The van der Waals surface area contributed by atoms with Gasteiger partial charge in [0.25, 0.3) is 0 Å². The number of halogens is 1. The summed E-state index contributed by atoms with van der Waals surface area (Å²) in [5.41, 5.74) is 0.193. The summed E-state index contributed by atoms with van der Waals surface area (Å²) < 4.78 is 27.5. The summed E-state index contributed by atoms with van der Waals surface area (Å²) in [5, 5.41) is 12.6. The quantitative estimate of drug-likeness (QED) is 0.898. The van der Waals surface area contributed by atoms with E-state index in [-0.39, 0.29) is 27.6 Å². The predicted molar refractivity (Wildman–Crippen MR) is 79.5 cm³/mol. The maximum atomic E-state index is 12.9. The van der Waals surface area contributed by atoms with E-state index in [2.05, 4.69) is 5.32 Å². The van der Waals surface area contributed by atoms with Crippen molar-refractivity contribution < 1.29 is 8.42 Å². The first kappa shape index (κ1) is 14.8. The summed E-state index contributed by atoms with van der Waals surface area (Å²) in [6, 6.07) is 6.32. The Labute approximate surface area is 129 Å². The molecule has 2 saturated heterocycles. The molecule has 0 spiro atoms. The zero-order valence-corrected chi connectivity index (χ0v) is 13.0. The minimum atomic E-state index is -3.59. The monoisotopic (exact) mass is 325 g/mol. The Bertz CT molecular complexity index is 685. The molecule has 1 aromatic rings. The lowest BCUT2D eigenvalue weighted by Crippen LogP contribution is -2.42. The summed E-state index contributed by atoms with van der Waals surface area (Å²) in [7, 11) is -3.59. The smallest absolute Gasteiger partial charge is 0.243 e. The molecule has 1 N–H and O–H groups in total. The number of sulfonamides is 1. The summed E-state index contributed by atoms with van der Waals surface area (Å²) in [6.07, 6.45) is 2.62. The van der Waals surface area contributed by atoms with Crippen LogP contribution in [0, 0.1) is 11.3 Å². The maximum Gasteiger partial charge on any atom is 0.243 e. The highest BCUT2D eigenvalue weighted by Crippen LogP contribution is 2.34.